The van der Waals surface area contributed by atoms with Crippen LogP contribution in [-0.2, 0) is 17.6 Å². The number of guanidine groups is 1. The zero-order valence-corrected chi connectivity index (χ0v) is 19.2. The Morgan fingerprint density at radius 1 is 1.23 bits per heavy atom. The fourth-order valence-corrected chi connectivity index (χ4v) is 4.67. The fraction of sp³-hybridized carbons (Fsp3) is 0.565. The standard InChI is InChI=1S/C23H35N5OS/c1-4-20-16-26-21(30-20)10-13-25-22(24-3)27-17-23(11-14-29-15-12-23)28-18(2)19-8-6-5-7-9-19/h5-9,16,18,28H,4,10-15,17H2,1-3H3,(H2,24,25,27). The molecule has 2 aromatic rings. The normalized spacial score (nSPS) is 17.5. The zero-order chi connectivity index (χ0) is 21.2. The van der Waals surface area contributed by atoms with Crippen molar-refractivity contribution >= 4 is 17.3 Å². The Balaban J connectivity index is 1.53. The molecule has 3 rings (SSSR count). The van der Waals surface area contributed by atoms with E-state index >= 15 is 0 Å². The average molecular weight is 430 g/mol. The molecule has 2 heterocycles. The van der Waals surface area contributed by atoms with Crippen LogP contribution < -0.4 is 16.0 Å². The van der Waals surface area contributed by atoms with Crippen molar-refractivity contribution in [3.8, 4) is 0 Å². The average Bonchev–Trinajstić information content (AvgIpc) is 3.25. The molecule has 1 saturated heterocycles. The van der Waals surface area contributed by atoms with Crippen molar-refractivity contribution in [2.75, 3.05) is 33.4 Å². The minimum Gasteiger partial charge on any atom is -0.381 e. The zero-order valence-electron chi connectivity index (χ0n) is 18.4. The molecule has 7 heteroatoms. The third-order valence-corrected chi connectivity index (χ3v) is 6.87. The van der Waals surface area contributed by atoms with E-state index in [1.807, 2.05) is 13.2 Å². The molecule has 1 fully saturated rings. The molecule has 0 radical (unpaired) electrons. The number of ether oxygens (including phenoxy) is 1. The van der Waals surface area contributed by atoms with Crippen molar-refractivity contribution < 1.29 is 4.74 Å². The first kappa shape index (κ1) is 22.7. The lowest BCUT2D eigenvalue weighted by molar-refractivity contribution is 0.0355. The van der Waals surface area contributed by atoms with Gasteiger partial charge in [-0.1, -0.05) is 37.3 Å². The monoisotopic (exact) mass is 429 g/mol. The minimum absolute atomic E-state index is 0.0174. The van der Waals surface area contributed by atoms with Gasteiger partial charge < -0.3 is 20.7 Å². The molecule has 0 bridgehead atoms. The second-order valence-corrected chi connectivity index (χ2v) is 9.05. The first-order valence-corrected chi connectivity index (χ1v) is 11.7. The van der Waals surface area contributed by atoms with Crippen LogP contribution in [-0.4, -0.2) is 49.8 Å². The molecule has 164 valence electrons. The maximum atomic E-state index is 5.65. The van der Waals surface area contributed by atoms with Gasteiger partial charge in [0, 0.05) is 62.4 Å². The number of rotatable bonds is 9. The number of benzene rings is 1. The molecule has 1 aliphatic rings. The number of hydrogen-bond acceptors (Lipinski definition) is 5. The van der Waals surface area contributed by atoms with Crippen LogP contribution >= 0.6 is 11.3 Å². The Kier molecular flexibility index (Phi) is 8.66. The quantitative estimate of drug-likeness (QED) is 0.421. The summed E-state index contributed by atoms with van der Waals surface area (Å²) in [6.45, 7) is 7.60. The summed E-state index contributed by atoms with van der Waals surface area (Å²) in [5.74, 6) is 0.835. The summed E-state index contributed by atoms with van der Waals surface area (Å²) >= 11 is 1.80. The van der Waals surface area contributed by atoms with E-state index in [1.54, 1.807) is 11.3 Å². The van der Waals surface area contributed by atoms with Gasteiger partial charge in [-0.25, -0.2) is 4.98 Å². The molecular formula is C23H35N5OS. The fourth-order valence-electron chi connectivity index (χ4n) is 3.81. The van der Waals surface area contributed by atoms with Gasteiger partial charge in [-0.3, -0.25) is 4.99 Å². The lowest BCUT2D eigenvalue weighted by atomic mass is 9.88. The van der Waals surface area contributed by atoms with E-state index in [-0.39, 0.29) is 11.6 Å². The van der Waals surface area contributed by atoms with Gasteiger partial charge in [-0.15, -0.1) is 11.3 Å². The maximum Gasteiger partial charge on any atom is 0.191 e. The number of nitrogens with zero attached hydrogens (tertiary/aromatic N) is 2. The molecular weight excluding hydrogens is 394 g/mol. The molecule has 0 amide bonds. The van der Waals surface area contributed by atoms with E-state index in [2.05, 4.69) is 70.1 Å². The highest BCUT2D eigenvalue weighted by molar-refractivity contribution is 7.11. The van der Waals surface area contributed by atoms with Crippen LogP contribution in [0.3, 0.4) is 0 Å². The van der Waals surface area contributed by atoms with E-state index in [1.165, 1.54) is 15.4 Å². The molecule has 0 aliphatic carbocycles. The van der Waals surface area contributed by atoms with E-state index in [0.29, 0.717) is 0 Å². The summed E-state index contributed by atoms with van der Waals surface area (Å²) in [6.07, 6.45) is 5.91. The summed E-state index contributed by atoms with van der Waals surface area (Å²) in [5.41, 5.74) is 1.29. The van der Waals surface area contributed by atoms with Gasteiger partial charge in [-0.05, 0) is 31.7 Å². The minimum atomic E-state index is -0.0174. The Labute approximate surface area is 184 Å². The van der Waals surface area contributed by atoms with Crippen LogP contribution in [0.15, 0.2) is 41.5 Å². The van der Waals surface area contributed by atoms with Crippen molar-refractivity contribution in [2.45, 2.75) is 51.1 Å². The van der Waals surface area contributed by atoms with E-state index in [0.717, 1.165) is 57.9 Å². The van der Waals surface area contributed by atoms with Gasteiger partial charge in [-0.2, -0.15) is 0 Å². The predicted octanol–water partition coefficient (Wildman–Crippen LogP) is 3.31. The largest absolute Gasteiger partial charge is 0.381 e. The summed E-state index contributed by atoms with van der Waals surface area (Å²) in [7, 11) is 1.82. The van der Waals surface area contributed by atoms with Gasteiger partial charge in [0.25, 0.3) is 0 Å². The second kappa shape index (κ2) is 11.4. The smallest absolute Gasteiger partial charge is 0.191 e. The van der Waals surface area contributed by atoms with Gasteiger partial charge in [0.2, 0.25) is 0 Å². The summed E-state index contributed by atoms with van der Waals surface area (Å²) in [6, 6.07) is 10.9. The molecule has 0 spiro atoms. The molecule has 1 aliphatic heterocycles. The van der Waals surface area contributed by atoms with Crippen molar-refractivity contribution in [1.29, 1.82) is 0 Å². The van der Waals surface area contributed by atoms with Crippen molar-refractivity contribution in [3.63, 3.8) is 0 Å². The second-order valence-electron chi connectivity index (χ2n) is 7.85. The lowest BCUT2D eigenvalue weighted by Crippen LogP contribution is -2.58. The van der Waals surface area contributed by atoms with Crippen LogP contribution in [0.5, 0.6) is 0 Å². The maximum absolute atomic E-state index is 5.65. The first-order chi connectivity index (χ1) is 14.6. The highest BCUT2D eigenvalue weighted by atomic mass is 32.1. The molecule has 1 atom stereocenters. The Morgan fingerprint density at radius 3 is 2.67 bits per heavy atom. The number of nitrogens with one attached hydrogen (secondary N) is 3. The van der Waals surface area contributed by atoms with Crippen LogP contribution in [0.2, 0.25) is 0 Å². The number of aryl methyl sites for hydroxylation is 1. The highest BCUT2D eigenvalue weighted by Crippen LogP contribution is 2.25. The Bertz CT molecular complexity index is 786. The highest BCUT2D eigenvalue weighted by Gasteiger charge is 2.34. The number of hydrogen-bond donors (Lipinski definition) is 3. The van der Waals surface area contributed by atoms with Crippen LogP contribution in [0.25, 0.3) is 0 Å². The summed E-state index contributed by atoms with van der Waals surface area (Å²) in [4.78, 5) is 10.2. The van der Waals surface area contributed by atoms with Gasteiger partial charge in [0.05, 0.1) is 5.01 Å². The number of aromatic nitrogens is 1. The summed E-state index contributed by atoms with van der Waals surface area (Å²) < 4.78 is 5.65. The third-order valence-electron chi connectivity index (χ3n) is 5.67. The van der Waals surface area contributed by atoms with Gasteiger partial charge in [0.15, 0.2) is 5.96 Å². The van der Waals surface area contributed by atoms with E-state index in [9.17, 15) is 0 Å². The van der Waals surface area contributed by atoms with E-state index < -0.39 is 0 Å². The molecule has 1 aromatic carbocycles. The Hall–Kier alpha value is -1.96. The Morgan fingerprint density at radius 2 is 2.00 bits per heavy atom. The van der Waals surface area contributed by atoms with Crippen LogP contribution in [0.1, 0.15) is 48.2 Å². The molecule has 6 nitrogen and oxygen atoms in total. The molecule has 30 heavy (non-hydrogen) atoms. The van der Waals surface area contributed by atoms with Gasteiger partial charge in [0.1, 0.15) is 0 Å². The lowest BCUT2D eigenvalue weighted by Gasteiger charge is -2.41. The molecule has 3 N–H and O–H groups in total. The topological polar surface area (TPSA) is 70.6 Å². The third kappa shape index (κ3) is 6.52. The number of thiazole rings is 1. The molecule has 1 unspecified atom stereocenters. The van der Waals surface area contributed by atoms with E-state index in [4.69, 9.17) is 4.74 Å². The number of aliphatic imine (C=N–C) groups is 1. The predicted molar refractivity (Wildman–Crippen MR) is 125 cm³/mol. The first-order valence-electron chi connectivity index (χ1n) is 10.9. The molecule has 1 aromatic heterocycles. The van der Waals surface area contributed by atoms with Crippen molar-refractivity contribution in [1.82, 2.24) is 20.9 Å². The molecule has 0 saturated carbocycles. The SMILES string of the molecule is CCc1cnc(CCNC(=NC)NCC2(NC(C)c3ccccc3)CCOCC2)s1. The van der Waals surface area contributed by atoms with Crippen LogP contribution in [0.4, 0.5) is 0 Å². The van der Waals surface area contributed by atoms with Crippen LogP contribution in [0, 0.1) is 0 Å². The van der Waals surface area contributed by atoms with Crippen molar-refractivity contribution in [2.24, 2.45) is 4.99 Å². The van der Waals surface area contributed by atoms with Gasteiger partial charge >= 0.3 is 0 Å². The van der Waals surface area contributed by atoms with Crippen molar-refractivity contribution in [3.05, 3.63) is 52.0 Å². The summed E-state index contributed by atoms with van der Waals surface area (Å²) in [5, 5.41) is 12.0.